The van der Waals surface area contributed by atoms with Crippen molar-refractivity contribution in [3.05, 3.63) is 47.8 Å². The quantitative estimate of drug-likeness (QED) is 0.827. The number of anilines is 1. The van der Waals surface area contributed by atoms with E-state index >= 15 is 0 Å². The van der Waals surface area contributed by atoms with Crippen molar-refractivity contribution in [1.29, 1.82) is 0 Å². The first-order valence-electron chi connectivity index (χ1n) is 6.57. The molecule has 2 rings (SSSR count). The number of nitrogens with two attached hydrogens (primary N) is 1. The average Bonchev–Trinajstić information content (AvgIpc) is 2.42. The second kappa shape index (κ2) is 6.28. The fourth-order valence-corrected chi connectivity index (χ4v) is 1.80. The van der Waals surface area contributed by atoms with Gasteiger partial charge < -0.3 is 15.2 Å². The minimum Gasteiger partial charge on any atom is -0.491 e. The molecule has 0 radical (unpaired) electrons. The molecule has 0 unspecified atom stereocenters. The summed E-state index contributed by atoms with van der Waals surface area (Å²) in [5.41, 5.74) is 7.19. The summed E-state index contributed by atoms with van der Waals surface area (Å²) in [4.78, 5) is 0. The molecule has 0 aromatic heterocycles. The Kier molecular flexibility index (Phi) is 4.45. The van der Waals surface area contributed by atoms with E-state index in [1.165, 1.54) is 12.1 Å². The first kappa shape index (κ1) is 14.2. The van der Waals surface area contributed by atoms with E-state index in [0.717, 1.165) is 6.42 Å². The number of hydrogen-bond donors (Lipinski definition) is 1. The van der Waals surface area contributed by atoms with Crippen molar-refractivity contribution >= 4 is 5.69 Å². The lowest BCUT2D eigenvalue weighted by atomic mass is 10.2. The molecule has 2 aromatic rings. The van der Waals surface area contributed by atoms with Crippen LogP contribution in [0.2, 0.25) is 0 Å². The molecule has 20 heavy (non-hydrogen) atoms. The van der Waals surface area contributed by atoms with Gasteiger partial charge in [0, 0.05) is 0 Å². The first-order valence-corrected chi connectivity index (χ1v) is 6.57. The minimum absolute atomic E-state index is 0.289. The molecule has 0 heterocycles. The molecule has 3 nitrogen and oxygen atoms in total. The molecule has 0 amide bonds. The van der Waals surface area contributed by atoms with Crippen molar-refractivity contribution in [1.82, 2.24) is 0 Å². The normalized spacial score (nSPS) is 10.3. The molecule has 0 aliphatic heterocycles. The standard InChI is InChI=1S/C16H18FNO2/c1-3-9-19-14-5-4-6-15(16(14)18)20-13-8-7-12(17)10-11(13)2/h4-8,10H,3,9,18H2,1-2H3. The van der Waals surface area contributed by atoms with Crippen LogP contribution in [0.1, 0.15) is 18.9 Å². The Morgan fingerprint density at radius 1 is 1.10 bits per heavy atom. The van der Waals surface area contributed by atoms with Crippen LogP contribution in [0.3, 0.4) is 0 Å². The topological polar surface area (TPSA) is 44.5 Å². The Labute approximate surface area is 118 Å². The van der Waals surface area contributed by atoms with Gasteiger partial charge in [-0.25, -0.2) is 4.39 Å². The summed E-state index contributed by atoms with van der Waals surface area (Å²) >= 11 is 0. The second-order valence-electron chi connectivity index (χ2n) is 4.53. The van der Waals surface area contributed by atoms with Crippen LogP contribution in [0, 0.1) is 12.7 Å². The van der Waals surface area contributed by atoms with Gasteiger partial charge >= 0.3 is 0 Å². The Hall–Kier alpha value is -2.23. The maximum Gasteiger partial charge on any atom is 0.154 e. The fourth-order valence-electron chi connectivity index (χ4n) is 1.80. The van der Waals surface area contributed by atoms with Gasteiger partial charge in [-0.05, 0) is 49.2 Å². The summed E-state index contributed by atoms with van der Waals surface area (Å²) in [5.74, 6) is 1.39. The smallest absolute Gasteiger partial charge is 0.154 e. The summed E-state index contributed by atoms with van der Waals surface area (Å²) in [7, 11) is 0. The van der Waals surface area contributed by atoms with Crippen molar-refractivity contribution in [3.63, 3.8) is 0 Å². The molecule has 2 N–H and O–H groups in total. The molecule has 2 aromatic carbocycles. The summed E-state index contributed by atoms with van der Waals surface area (Å²) in [6.07, 6.45) is 0.904. The fraction of sp³-hybridized carbons (Fsp3) is 0.250. The second-order valence-corrected chi connectivity index (χ2v) is 4.53. The van der Waals surface area contributed by atoms with Gasteiger partial charge in [-0.2, -0.15) is 0 Å². The molecule has 106 valence electrons. The monoisotopic (exact) mass is 275 g/mol. The highest BCUT2D eigenvalue weighted by Crippen LogP contribution is 2.35. The number of nitrogen functional groups attached to an aromatic ring is 1. The zero-order chi connectivity index (χ0) is 14.5. The molecule has 0 fully saturated rings. The highest BCUT2D eigenvalue weighted by Gasteiger charge is 2.09. The van der Waals surface area contributed by atoms with E-state index in [-0.39, 0.29) is 5.82 Å². The lowest BCUT2D eigenvalue weighted by Gasteiger charge is -2.14. The van der Waals surface area contributed by atoms with E-state index in [9.17, 15) is 4.39 Å². The molecule has 0 atom stereocenters. The van der Waals surface area contributed by atoms with Crippen LogP contribution < -0.4 is 15.2 Å². The third kappa shape index (κ3) is 3.20. The zero-order valence-corrected chi connectivity index (χ0v) is 11.7. The van der Waals surface area contributed by atoms with Gasteiger partial charge in [0.1, 0.15) is 23.0 Å². The molecule has 0 spiro atoms. The van der Waals surface area contributed by atoms with Crippen LogP contribution in [0.4, 0.5) is 10.1 Å². The third-order valence-corrected chi connectivity index (χ3v) is 2.84. The molecule has 0 bridgehead atoms. The van der Waals surface area contributed by atoms with Crippen LogP contribution in [0.5, 0.6) is 17.2 Å². The maximum absolute atomic E-state index is 13.1. The van der Waals surface area contributed by atoms with Gasteiger partial charge in [-0.1, -0.05) is 13.0 Å². The molecule has 0 saturated carbocycles. The van der Waals surface area contributed by atoms with E-state index in [1.807, 2.05) is 13.0 Å². The molecular weight excluding hydrogens is 257 g/mol. The van der Waals surface area contributed by atoms with Gasteiger partial charge in [-0.15, -0.1) is 0 Å². The Morgan fingerprint density at radius 3 is 2.55 bits per heavy atom. The molecule has 0 saturated heterocycles. The predicted molar refractivity (Wildman–Crippen MR) is 77.9 cm³/mol. The van der Waals surface area contributed by atoms with Crippen molar-refractivity contribution in [3.8, 4) is 17.2 Å². The number of para-hydroxylation sites is 1. The lowest BCUT2D eigenvalue weighted by molar-refractivity contribution is 0.318. The summed E-state index contributed by atoms with van der Waals surface area (Å²) in [5, 5.41) is 0. The SMILES string of the molecule is CCCOc1cccc(Oc2ccc(F)cc2C)c1N. The van der Waals surface area contributed by atoms with Crippen LogP contribution in [-0.4, -0.2) is 6.61 Å². The van der Waals surface area contributed by atoms with Crippen LogP contribution in [0.25, 0.3) is 0 Å². The van der Waals surface area contributed by atoms with Gasteiger partial charge in [0.15, 0.2) is 5.75 Å². The highest BCUT2D eigenvalue weighted by atomic mass is 19.1. The first-order chi connectivity index (χ1) is 9.61. The number of halogens is 1. The van der Waals surface area contributed by atoms with Crippen LogP contribution in [-0.2, 0) is 0 Å². The van der Waals surface area contributed by atoms with E-state index in [1.54, 1.807) is 25.1 Å². The van der Waals surface area contributed by atoms with Crippen molar-refractivity contribution in [2.75, 3.05) is 12.3 Å². The van der Waals surface area contributed by atoms with Crippen molar-refractivity contribution in [2.24, 2.45) is 0 Å². The van der Waals surface area contributed by atoms with Gasteiger partial charge in [0.25, 0.3) is 0 Å². The Bertz CT molecular complexity index is 599. The third-order valence-electron chi connectivity index (χ3n) is 2.84. The highest BCUT2D eigenvalue weighted by molar-refractivity contribution is 5.63. The number of hydrogen-bond acceptors (Lipinski definition) is 3. The molecule has 0 aliphatic rings. The molecule has 0 aliphatic carbocycles. The zero-order valence-electron chi connectivity index (χ0n) is 11.7. The van der Waals surface area contributed by atoms with E-state index in [0.29, 0.717) is 35.1 Å². The summed E-state index contributed by atoms with van der Waals surface area (Å²) in [6, 6.07) is 9.74. The Morgan fingerprint density at radius 2 is 1.85 bits per heavy atom. The number of benzene rings is 2. The largest absolute Gasteiger partial charge is 0.491 e. The van der Waals surface area contributed by atoms with Gasteiger partial charge in [0.2, 0.25) is 0 Å². The average molecular weight is 275 g/mol. The predicted octanol–water partition coefficient (Wildman–Crippen LogP) is 4.30. The van der Waals surface area contributed by atoms with Crippen molar-refractivity contribution < 1.29 is 13.9 Å². The minimum atomic E-state index is -0.289. The van der Waals surface area contributed by atoms with Gasteiger partial charge in [0.05, 0.1) is 6.61 Å². The lowest BCUT2D eigenvalue weighted by Crippen LogP contribution is -2.01. The van der Waals surface area contributed by atoms with Crippen LogP contribution >= 0.6 is 0 Å². The number of aryl methyl sites for hydroxylation is 1. The number of ether oxygens (including phenoxy) is 2. The van der Waals surface area contributed by atoms with E-state index in [2.05, 4.69) is 0 Å². The number of rotatable bonds is 5. The Balaban J connectivity index is 2.24. The van der Waals surface area contributed by atoms with E-state index < -0.39 is 0 Å². The van der Waals surface area contributed by atoms with Crippen molar-refractivity contribution in [2.45, 2.75) is 20.3 Å². The molecular formula is C16H18FNO2. The van der Waals surface area contributed by atoms with Gasteiger partial charge in [-0.3, -0.25) is 0 Å². The maximum atomic E-state index is 13.1. The van der Waals surface area contributed by atoms with E-state index in [4.69, 9.17) is 15.2 Å². The summed E-state index contributed by atoms with van der Waals surface area (Å²) < 4.78 is 24.4. The summed E-state index contributed by atoms with van der Waals surface area (Å²) in [6.45, 7) is 4.41. The van der Waals surface area contributed by atoms with Crippen LogP contribution in [0.15, 0.2) is 36.4 Å². The molecule has 4 heteroatoms.